The zero-order chi connectivity index (χ0) is 17.5. The maximum Gasteiger partial charge on any atom is 0.225 e. The van der Waals surface area contributed by atoms with E-state index in [0.717, 1.165) is 15.0 Å². The number of halogens is 1. The molecule has 0 bridgehead atoms. The summed E-state index contributed by atoms with van der Waals surface area (Å²) in [5.74, 6) is 0.850. The van der Waals surface area contributed by atoms with Gasteiger partial charge in [0.2, 0.25) is 5.91 Å². The SMILES string of the molecule is CC(C)c1ccc(C#N)c(SCCC(=O)Nc2ccc(I)cc2)n1. The second kappa shape index (κ2) is 9.04. The number of pyridine rings is 1. The van der Waals surface area contributed by atoms with Crippen molar-refractivity contribution in [1.82, 2.24) is 4.98 Å². The largest absolute Gasteiger partial charge is 0.326 e. The molecule has 1 N–H and O–H groups in total. The van der Waals surface area contributed by atoms with Gasteiger partial charge in [0, 0.05) is 27.1 Å². The number of nitriles is 1. The van der Waals surface area contributed by atoms with Crippen molar-refractivity contribution in [3.8, 4) is 6.07 Å². The monoisotopic (exact) mass is 451 g/mol. The van der Waals surface area contributed by atoms with Gasteiger partial charge in [0.15, 0.2) is 0 Å². The number of nitrogens with zero attached hydrogens (tertiary/aromatic N) is 2. The number of hydrogen-bond acceptors (Lipinski definition) is 4. The van der Waals surface area contributed by atoms with Gasteiger partial charge in [0.1, 0.15) is 11.1 Å². The van der Waals surface area contributed by atoms with E-state index in [0.29, 0.717) is 28.7 Å². The van der Waals surface area contributed by atoms with Gasteiger partial charge in [-0.2, -0.15) is 5.26 Å². The number of rotatable bonds is 6. The number of thioether (sulfide) groups is 1. The van der Waals surface area contributed by atoms with Crippen LogP contribution in [0.1, 0.15) is 37.4 Å². The Hall–Kier alpha value is -1.59. The summed E-state index contributed by atoms with van der Waals surface area (Å²) >= 11 is 3.67. The van der Waals surface area contributed by atoms with Gasteiger partial charge in [-0.25, -0.2) is 4.98 Å². The molecule has 0 aliphatic carbocycles. The molecule has 6 heteroatoms. The van der Waals surface area contributed by atoms with E-state index < -0.39 is 0 Å². The molecule has 0 saturated heterocycles. The van der Waals surface area contributed by atoms with Crippen molar-refractivity contribution < 1.29 is 4.79 Å². The van der Waals surface area contributed by atoms with Crippen LogP contribution >= 0.6 is 34.4 Å². The molecule has 0 radical (unpaired) electrons. The predicted octanol–water partition coefficient (Wildman–Crippen LogP) is 4.80. The van der Waals surface area contributed by atoms with Crippen LogP contribution in [0.3, 0.4) is 0 Å². The number of anilines is 1. The number of nitrogens with one attached hydrogen (secondary N) is 1. The lowest BCUT2D eigenvalue weighted by molar-refractivity contribution is -0.115. The third-order valence-corrected chi connectivity index (χ3v) is 5.00. The van der Waals surface area contributed by atoms with Crippen molar-refractivity contribution in [3.63, 3.8) is 0 Å². The van der Waals surface area contributed by atoms with Gasteiger partial charge in [0.05, 0.1) is 5.56 Å². The first-order valence-corrected chi connectivity index (χ1v) is 9.65. The van der Waals surface area contributed by atoms with Crippen molar-refractivity contribution in [3.05, 3.63) is 51.2 Å². The summed E-state index contributed by atoms with van der Waals surface area (Å²) in [5.41, 5.74) is 2.31. The smallest absolute Gasteiger partial charge is 0.225 e. The number of hydrogen-bond donors (Lipinski definition) is 1. The number of carbonyl (C=O) groups excluding carboxylic acids is 1. The summed E-state index contributed by atoms with van der Waals surface area (Å²) < 4.78 is 1.13. The maximum absolute atomic E-state index is 12.0. The Bertz CT molecular complexity index is 754. The van der Waals surface area contributed by atoms with Crippen LogP contribution in [0.25, 0.3) is 0 Å². The minimum atomic E-state index is -0.0396. The fourth-order valence-corrected chi connectivity index (χ4v) is 3.25. The van der Waals surface area contributed by atoms with Crippen molar-refractivity contribution in [2.24, 2.45) is 0 Å². The first-order chi connectivity index (χ1) is 11.5. The zero-order valence-corrected chi connectivity index (χ0v) is 16.5. The second-order valence-corrected chi connectivity index (χ2v) is 7.84. The van der Waals surface area contributed by atoms with Crippen molar-refractivity contribution in [2.45, 2.75) is 31.2 Å². The summed E-state index contributed by atoms with van der Waals surface area (Å²) in [5, 5.41) is 12.8. The van der Waals surface area contributed by atoms with Gasteiger partial charge < -0.3 is 5.32 Å². The van der Waals surface area contributed by atoms with Crippen molar-refractivity contribution >= 4 is 45.9 Å². The van der Waals surface area contributed by atoms with Crippen LogP contribution in [-0.4, -0.2) is 16.6 Å². The second-order valence-electron chi connectivity index (χ2n) is 5.51. The highest BCUT2D eigenvalue weighted by Gasteiger charge is 2.10. The maximum atomic E-state index is 12.0. The van der Waals surface area contributed by atoms with Gasteiger partial charge in [-0.15, -0.1) is 11.8 Å². The van der Waals surface area contributed by atoms with Gasteiger partial charge in [-0.1, -0.05) is 13.8 Å². The molecule has 1 amide bonds. The Morgan fingerprint density at radius 3 is 2.62 bits per heavy atom. The summed E-state index contributed by atoms with van der Waals surface area (Å²) in [6.07, 6.45) is 0.370. The molecule has 0 aliphatic heterocycles. The average molecular weight is 451 g/mol. The van der Waals surface area contributed by atoms with Crippen LogP contribution in [0.15, 0.2) is 41.4 Å². The molecule has 2 rings (SSSR count). The third kappa shape index (κ3) is 5.49. The molecule has 24 heavy (non-hydrogen) atoms. The van der Waals surface area contributed by atoms with E-state index in [1.165, 1.54) is 11.8 Å². The molecule has 0 unspecified atom stereocenters. The highest BCUT2D eigenvalue weighted by molar-refractivity contribution is 14.1. The van der Waals surface area contributed by atoms with Crippen LogP contribution in [0.5, 0.6) is 0 Å². The summed E-state index contributed by atoms with van der Waals surface area (Å²) in [4.78, 5) is 16.5. The number of benzene rings is 1. The normalized spacial score (nSPS) is 10.5. The van der Waals surface area contributed by atoms with Gasteiger partial charge >= 0.3 is 0 Å². The lowest BCUT2D eigenvalue weighted by Crippen LogP contribution is -2.12. The van der Waals surface area contributed by atoms with Crippen molar-refractivity contribution in [2.75, 3.05) is 11.1 Å². The van der Waals surface area contributed by atoms with E-state index >= 15 is 0 Å². The van der Waals surface area contributed by atoms with Crippen LogP contribution < -0.4 is 5.32 Å². The zero-order valence-electron chi connectivity index (χ0n) is 13.5. The van der Waals surface area contributed by atoms with Crippen LogP contribution in [-0.2, 0) is 4.79 Å². The number of carbonyl (C=O) groups is 1. The minimum Gasteiger partial charge on any atom is -0.326 e. The predicted molar refractivity (Wildman–Crippen MR) is 106 cm³/mol. The Balaban J connectivity index is 1.91. The molecule has 2 aromatic rings. The van der Waals surface area contributed by atoms with E-state index in [1.54, 1.807) is 6.07 Å². The summed E-state index contributed by atoms with van der Waals surface area (Å²) in [7, 11) is 0. The lowest BCUT2D eigenvalue weighted by Gasteiger charge is -2.09. The Morgan fingerprint density at radius 1 is 1.29 bits per heavy atom. The van der Waals surface area contributed by atoms with E-state index in [2.05, 4.69) is 52.8 Å². The Kier molecular flexibility index (Phi) is 7.06. The molecular weight excluding hydrogens is 433 g/mol. The summed E-state index contributed by atoms with van der Waals surface area (Å²) in [6, 6.07) is 13.5. The number of aromatic nitrogens is 1. The van der Waals surface area contributed by atoms with Crippen LogP contribution in [0.4, 0.5) is 5.69 Å². The molecular formula is C18H18IN3OS. The molecule has 0 aliphatic rings. The molecule has 0 fully saturated rings. The lowest BCUT2D eigenvalue weighted by atomic mass is 10.1. The molecule has 0 saturated carbocycles. The van der Waals surface area contributed by atoms with E-state index in [1.807, 2.05) is 30.3 Å². The number of amides is 1. The molecule has 0 atom stereocenters. The quantitative estimate of drug-likeness (QED) is 0.506. The van der Waals surface area contributed by atoms with Crippen LogP contribution in [0, 0.1) is 14.9 Å². The molecule has 124 valence electrons. The fourth-order valence-electron chi connectivity index (χ4n) is 1.97. The summed E-state index contributed by atoms with van der Waals surface area (Å²) in [6.45, 7) is 4.13. The van der Waals surface area contributed by atoms with Gasteiger partial charge in [0.25, 0.3) is 0 Å². The van der Waals surface area contributed by atoms with E-state index in [9.17, 15) is 10.1 Å². The third-order valence-electron chi connectivity index (χ3n) is 3.29. The first-order valence-electron chi connectivity index (χ1n) is 7.59. The Morgan fingerprint density at radius 2 is 2.00 bits per heavy atom. The average Bonchev–Trinajstić information content (AvgIpc) is 2.56. The highest BCUT2D eigenvalue weighted by atomic mass is 127. The molecule has 0 spiro atoms. The molecule has 1 aromatic heterocycles. The van der Waals surface area contributed by atoms with Crippen molar-refractivity contribution in [1.29, 1.82) is 5.26 Å². The van der Waals surface area contributed by atoms with Gasteiger partial charge in [-0.3, -0.25) is 4.79 Å². The topological polar surface area (TPSA) is 65.8 Å². The highest BCUT2D eigenvalue weighted by Crippen LogP contribution is 2.24. The minimum absolute atomic E-state index is 0.0396. The van der Waals surface area contributed by atoms with E-state index in [-0.39, 0.29) is 5.91 Å². The molecule has 1 aromatic carbocycles. The molecule has 4 nitrogen and oxygen atoms in total. The fraction of sp³-hybridized carbons (Fsp3) is 0.278. The van der Waals surface area contributed by atoms with Gasteiger partial charge in [-0.05, 0) is 64.9 Å². The Labute approximate surface area is 160 Å². The standard InChI is InChI=1S/C18H18IN3OS/c1-12(2)16-8-3-13(11-20)18(22-16)24-10-9-17(23)21-15-6-4-14(19)5-7-15/h3-8,12H,9-10H2,1-2H3,(H,21,23). The molecule has 1 heterocycles. The van der Waals surface area contributed by atoms with E-state index in [4.69, 9.17) is 0 Å². The first kappa shape index (κ1) is 18.7. The van der Waals surface area contributed by atoms with Crippen LogP contribution in [0.2, 0.25) is 0 Å².